The van der Waals surface area contributed by atoms with E-state index in [1.54, 1.807) is 0 Å². The van der Waals surface area contributed by atoms with Crippen molar-refractivity contribution < 1.29 is 27.5 Å². The summed E-state index contributed by atoms with van der Waals surface area (Å²) in [5, 5.41) is 11.4. The molecule has 2 aromatic carbocycles. The molecule has 0 heterocycles. The van der Waals surface area contributed by atoms with Gasteiger partial charge in [0.25, 0.3) is 5.91 Å². The number of nitrogens with one attached hydrogen (secondary N) is 1. The molecular formula is C14H9F4NO2. The summed E-state index contributed by atoms with van der Waals surface area (Å²) >= 11 is 0. The van der Waals surface area contributed by atoms with Gasteiger partial charge in [0, 0.05) is 11.3 Å². The number of rotatable bonds is 2. The highest BCUT2D eigenvalue weighted by Gasteiger charge is 2.34. The molecule has 0 aromatic heterocycles. The van der Waals surface area contributed by atoms with Gasteiger partial charge in [0.15, 0.2) is 0 Å². The lowest BCUT2D eigenvalue weighted by Gasteiger charge is -2.11. The highest BCUT2D eigenvalue weighted by Crippen LogP contribution is 2.33. The first-order valence-corrected chi connectivity index (χ1v) is 5.74. The summed E-state index contributed by atoms with van der Waals surface area (Å²) in [7, 11) is 0. The molecule has 0 atom stereocenters. The second-order valence-electron chi connectivity index (χ2n) is 4.20. The highest BCUT2D eigenvalue weighted by molar-refractivity contribution is 6.04. The maximum absolute atomic E-state index is 13.1. The van der Waals surface area contributed by atoms with E-state index >= 15 is 0 Å². The first-order valence-electron chi connectivity index (χ1n) is 5.74. The standard InChI is InChI=1S/C14H9F4NO2/c15-12-5-4-9(7-11(12)14(16,17)18)19-13(21)8-2-1-3-10(20)6-8/h1-7,20H,(H,19,21). The molecule has 7 heteroatoms. The molecule has 0 saturated heterocycles. The smallest absolute Gasteiger partial charge is 0.419 e. The Bertz CT molecular complexity index is 683. The fourth-order valence-corrected chi connectivity index (χ4v) is 1.67. The minimum absolute atomic E-state index is 0.0629. The fraction of sp³-hybridized carbons (Fsp3) is 0.0714. The van der Waals surface area contributed by atoms with Crippen LogP contribution in [0.2, 0.25) is 0 Å². The van der Waals surface area contributed by atoms with Gasteiger partial charge in [-0.3, -0.25) is 4.79 Å². The number of alkyl halides is 3. The minimum Gasteiger partial charge on any atom is -0.508 e. The van der Waals surface area contributed by atoms with E-state index in [1.165, 1.54) is 18.2 Å². The van der Waals surface area contributed by atoms with Crippen molar-refractivity contribution in [2.75, 3.05) is 5.32 Å². The van der Waals surface area contributed by atoms with Gasteiger partial charge in [-0.1, -0.05) is 6.07 Å². The van der Waals surface area contributed by atoms with Crippen LogP contribution in [-0.4, -0.2) is 11.0 Å². The lowest BCUT2D eigenvalue weighted by molar-refractivity contribution is -0.139. The number of carbonyl (C=O) groups excluding carboxylic acids is 1. The Balaban J connectivity index is 2.26. The maximum Gasteiger partial charge on any atom is 0.419 e. The number of carbonyl (C=O) groups is 1. The average Bonchev–Trinajstić information content (AvgIpc) is 2.39. The molecule has 0 fully saturated rings. The van der Waals surface area contributed by atoms with Crippen LogP contribution in [0.15, 0.2) is 42.5 Å². The number of amides is 1. The van der Waals surface area contributed by atoms with Gasteiger partial charge in [0.2, 0.25) is 0 Å². The summed E-state index contributed by atoms with van der Waals surface area (Å²) in [5.74, 6) is -2.29. The molecule has 0 spiro atoms. The van der Waals surface area contributed by atoms with Crippen molar-refractivity contribution in [3.05, 3.63) is 59.4 Å². The quantitative estimate of drug-likeness (QED) is 0.829. The lowest BCUT2D eigenvalue weighted by atomic mass is 10.1. The molecule has 0 saturated carbocycles. The Morgan fingerprint density at radius 2 is 1.81 bits per heavy atom. The minimum atomic E-state index is -4.85. The molecule has 0 aliphatic carbocycles. The molecule has 0 aliphatic rings. The number of phenolic OH excluding ortho intramolecular Hbond substituents is 1. The molecule has 0 bridgehead atoms. The molecule has 0 aliphatic heterocycles. The van der Waals surface area contributed by atoms with Gasteiger partial charge in [0.05, 0.1) is 5.56 Å². The van der Waals surface area contributed by atoms with Gasteiger partial charge in [-0.15, -0.1) is 0 Å². The third-order valence-electron chi connectivity index (χ3n) is 2.64. The zero-order valence-electron chi connectivity index (χ0n) is 10.4. The summed E-state index contributed by atoms with van der Waals surface area (Å²) in [6.07, 6.45) is -4.85. The summed E-state index contributed by atoms with van der Waals surface area (Å²) in [5.41, 5.74) is -1.60. The van der Waals surface area contributed by atoms with Crippen LogP contribution in [-0.2, 0) is 6.18 Å². The van der Waals surface area contributed by atoms with Crippen LogP contribution in [0.25, 0.3) is 0 Å². The summed E-state index contributed by atoms with van der Waals surface area (Å²) in [4.78, 5) is 11.8. The average molecular weight is 299 g/mol. The van der Waals surface area contributed by atoms with Gasteiger partial charge in [-0.25, -0.2) is 4.39 Å². The number of aromatic hydroxyl groups is 1. The Morgan fingerprint density at radius 3 is 2.43 bits per heavy atom. The third-order valence-corrected chi connectivity index (χ3v) is 2.64. The molecule has 110 valence electrons. The molecule has 1 amide bonds. The lowest BCUT2D eigenvalue weighted by Crippen LogP contribution is -2.14. The zero-order chi connectivity index (χ0) is 15.6. The number of benzene rings is 2. The van der Waals surface area contributed by atoms with Crippen LogP contribution in [0.1, 0.15) is 15.9 Å². The predicted octanol–water partition coefficient (Wildman–Crippen LogP) is 3.80. The Kier molecular flexibility index (Phi) is 3.84. The Morgan fingerprint density at radius 1 is 1.10 bits per heavy atom. The Labute approximate surface area is 116 Å². The molecule has 2 N–H and O–H groups in total. The van der Waals surface area contributed by atoms with Crippen molar-refractivity contribution in [2.45, 2.75) is 6.18 Å². The van der Waals surface area contributed by atoms with Gasteiger partial charge in [-0.2, -0.15) is 13.2 Å². The molecule has 21 heavy (non-hydrogen) atoms. The molecule has 2 rings (SSSR count). The second kappa shape index (κ2) is 5.43. The van der Waals surface area contributed by atoms with Gasteiger partial charge >= 0.3 is 6.18 Å². The number of hydrogen-bond acceptors (Lipinski definition) is 2. The zero-order valence-corrected chi connectivity index (χ0v) is 10.4. The van der Waals surface area contributed by atoms with Crippen LogP contribution in [0.4, 0.5) is 23.2 Å². The van der Waals surface area contributed by atoms with Gasteiger partial charge < -0.3 is 10.4 Å². The van der Waals surface area contributed by atoms with Crippen LogP contribution in [0, 0.1) is 5.82 Å². The fourth-order valence-electron chi connectivity index (χ4n) is 1.67. The topological polar surface area (TPSA) is 49.3 Å². The van der Waals surface area contributed by atoms with Crippen molar-refractivity contribution >= 4 is 11.6 Å². The van der Waals surface area contributed by atoms with Gasteiger partial charge in [-0.05, 0) is 36.4 Å². The van der Waals surface area contributed by atoms with Crippen molar-refractivity contribution in [1.29, 1.82) is 0 Å². The second-order valence-corrected chi connectivity index (χ2v) is 4.20. The van der Waals surface area contributed by atoms with E-state index in [9.17, 15) is 27.5 Å². The predicted molar refractivity (Wildman–Crippen MR) is 67.5 cm³/mol. The van der Waals surface area contributed by atoms with Crippen LogP contribution >= 0.6 is 0 Å². The largest absolute Gasteiger partial charge is 0.508 e. The van der Waals surface area contributed by atoms with Crippen molar-refractivity contribution in [3.8, 4) is 5.75 Å². The Hall–Kier alpha value is -2.57. The molecule has 3 nitrogen and oxygen atoms in total. The van der Waals surface area contributed by atoms with E-state index in [2.05, 4.69) is 5.32 Å². The monoisotopic (exact) mass is 299 g/mol. The maximum atomic E-state index is 13.1. The highest BCUT2D eigenvalue weighted by atomic mass is 19.4. The van der Waals surface area contributed by atoms with Crippen molar-refractivity contribution in [1.82, 2.24) is 0 Å². The number of anilines is 1. The van der Waals surface area contributed by atoms with Crippen molar-refractivity contribution in [2.24, 2.45) is 0 Å². The van der Waals surface area contributed by atoms with Crippen LogP contribution in [0.5, 0.6) is 5.75 Å². The van der Waals surface area contributed by atoms with E-state index in [-0.39, 0.29) is 17.0 Å². The number of phenols is 1. The first-order chi connectivity index (χ1) is 9.77. The van der Waals surface area contributed by atoms with Gasteiger partial charge in [0.1, 0.15) is 11.6 Å². The van der Waals surface area contributed by atoms with Crippen LogP contribution < -0.4 is 5.32 Å². The SMILES string of the molecule is O=C(Nc1ccc(F)c(C(F)(F)F)c1)c1cccc(O)c1. The third kappa shape index (κ3) is 3.50. The first kappa shape index (κ1) is 14.8. The van der Waals surface area contributed by atoms with E-state index < -0.39 is 23.5 Å². The van der Waals surface area contributed by atoms with Crippen LogP contribution in [0.3, 0.4) is 0 Å². The van der Waals surface area contributed by atoms with Crippen molar-refractivity contribution in [3.63, 3.8) is 0 Å². The van der Waals surface area contributed by atoms with E-state index in [1.807, 2.05) is 0 Å². The number of hydrogen-bond donors (Lipinski definition) is 2. The summed E-state index contributed by atoms with van der Waals surface area (Å²) in [6, 6.07) is 7.45. The molecule has 0 radical (unpaired) electrons. The molecular weight excluding hydrogens is 290 g/mol. The van der Waals surface area contributed by atoms with E-state index in [0.717, 1.165) is 12.1 Å². The van der Waals surface area contributed by atoms with E-state index in [0.29, 0.717) is 12.1 Å². The molecule has 0 unspecified atom stereocenters. The summed E-state index contributed by atoms with van der Waals surface area (Å²) in [6.45, 7) is 0. The summed E-state index contributed by atoms with van der Waals surface area (Å²) < 4.78 is 50.8. The van der Waals surface area contributed by atoms with E-state index in [4.69, 9.17) is 0 Å². The number of halogens is 4. The normalized spacial score (nSPS) is 11.2. The molecule has 2 aromatic rings.